The minimum Gasteiger partial charge on any atom is -0.493 e. The van der Waals surface area contributed by atoms with Crippen LogP contribution in [0.4, 0.5) is 0 Å². The van der Waals surface area contributed by atoms with E-state index in [2.05, 4.69) is 19.2 Å². The molecule has 1 aromatic carbocycles. The van der Waals surface area contributed by atoms with Crippen LogP contribution in [0.5, 0.6) is 11.5 Å². The summed E-state index contributed by atoms with van der Waals surface area (Å²) in [5, 5.41) is 2.69. The molecule has 1 heterocycles. The summed E-state index contributed by atoms with van der Waals surface area (Å²) in [5.74, 6) is 1.66. The van der Waals surface area contributed by atoms with Gasteiger partial charge in [-0.05, 0) is 30.9 Å². The highest BCUT2D eigenvalue weighted by Crippen LogP contribution is 2.20. The van der Waals surface area contributed by atoms with E-state index in [1.165, 1.54) is 0 Å². The van der Waals surface area contributed by atoms with Crippen LogP contribution in [0.15, 0.2) is 24.3 Å². The molecule has 1 aromatic rings. The molecule has 2 rings (SSSR count). The predicted molar refractivity (Wildman–Crippen MR) is 92.1 cm³/mol. The Hall–Kier alpha value is -1.76. The lowest BCUT2D eigenvalue weighted by atomic mass is 10.1. The molecule has 7 heteroatoms. The molecule has 0 saturated carbocycles. The van der Waals surface area contributed by atoms with Crippen molar-refractivity contribution in [1.29, 1.82) is 0 Å². The van der Waals surface area contributed by atoms with E-state index in [-0.39, 0.29) is 30.1 Å². The van der Waals surface area contributed by atoms with Crippen LogP contribution in [-0.4, -0.2) is 45.1 Å². The average molecular weight is 355 g/mol. The minimum absolute atomic E-state index is 0.0118. The van der Waals surface area contributed by atoms with Gasteiger partial charge < -0.3 is 14.8 Å². The van der Waals surface area contributed by atoms with Crippen molar-refractivity contribution in [1.82, 2.24) is 5.32 Å². The Labute approximate surface area is 143 Å². The molecule has 134 valence electrons. The number of benzene rings is 1. The van der Waals surface area contributed by atoms with Gasteiger partial charge in [-0.25, -0.2) is 8.42 Å². The first-order chi connectivity index (χ1) is 11.3. The van der Waals surface area contributed by atoms with Gasteiger partial charge in [0.15, 0.2) is 16.4 Å². The lowest BCUT2D eigenvalue weighted by Gasteiger charge is -2.12. The highest BCUT2D eigenvalue weighted by Gasteiger charge is 2.28. The first-order valence-electron chi connectivity index (χ1n) is 8.19. The van der Waals surface area contributed by atoms with Gasteiger partial charge in [0, 0.05) is 12.1 Å². The van der Waals surface area contributed by atoms with Gasteiger partial charge in [0.2, 0.25) is 0 Å². The summed E-state index contributed by atoms with van der Waals surface area (Å²) in [7, 11) is -3.00. The van der Waals surface area contributed by atoms with E-state index in [4.69, 9.17) is 9.47 Å². The van der Waals surface area contributed by atoms with Gasteiger partial charge in [0.1, 0.15) is 11.5 Å². The van der Waals surface area contributed by atoms with Gasteiger partial charge in [0.25, 0.3) is 5.91 Å². The number of carbonyl (C=O) groups is 1. The van der Waals surface area contributed by atoms with E-state index in [1.807, 2.05) is 12.1 Å². The second kappa shape index (κ2) is 8.37. The lowest BCUT2D eigenvalue weighted by molar-refractivity contribution is -0.123. The quantitative estimate of drug-likeness (QED) is 0.769. The zero-order valence-corrected chi connectivity index (χ0v) is 15.0. The molecular weight excluding hydrogens is 330 g/mol. The number of carbonyl (C=O) groups excluding carboxylic acids is 1. The smallest absolute Gasteiger partial charge is 0.258 e. The van der Waals surface area contributed by atoms with Crippen LogP contribution in [0.25, 0.3) is 0 Å². The third-order valence-electron chi connectivity index (χ3n) is 3.74. The fourth-order valence-electron chi connectivity index (χ4n) is 2.39. The van der Waals surface area contributed by atoms with E-state index in [0.29, 0.717) is 30.4 Å². The molecule has 1 aliphatic rings. The first-order valence-corrected chi connectivity index (χ1v) is 10.0. The normalized spacial score (nSPS) is 19.2. The third-order valence-corrected chi connectivity index (χ3v) is 5.50. The van der Waals surface area contributed by atoms with Crippen LogP contribution < -0.4 is 14.8 Å². The van der Waals surface area contributed by atoms with E-state index < -0.39 is 9.84 Å². The molecule has 0 radical (unpaired) electrons. The monoisotopic (exact) mass is 355 g/mol. The fourth-order valence-corrected chi connectivity index (χ4v) is 4.07. The molecule has 1 saturated heterocycles. The van der Waals surface area contributed by atoms with Crippen LogP contribution in [0.3, 0.4) is 0 Å². The third kappa shape index (κ3) is 6.39. The Morgan fingerprint density at radius 2 is 2.00 bits per heavy atom. The molecular formula is C17H25NO5S. The molecule has 1 fully saturated rings. The SMILES string of the molecule is CC(C)CCOc1cccc(OCC(=O)N[C@H]2CCS(=O)(=O)C2)c1. The lowest BCUT2D eigenvalue weighted by Crippen LogP contribution is -2.38. The second-order valence-corrected chi connectivity index (χ2v) is 8.69. The van der Waals surface area contributed by atoms with Gasteiger partial charge in [-0.2, -0.15) is 0 Å². The summed E-state index contributed by atoms with van der Waals surface area (Å²) in [4.78, 5) is 11.9. The van der Waals surface area contributed by atoms with E-state index >= 15 is 0 Å². The maximum atomic E-state index is 11.9. The van der Waals surface area contributed by atoms with Crippen molar-refractivity contribution < 1.29 is 22.7 Å². The largest absolute Gasteiger partial charge is 0.493 e. The maximum absolute atomic E-state index is 11.9. The van der Waals surface area contributed by atoms with Gasteiger partial charge in [-0.3, -0.25) is 4.79 Å². The van der Waals surface area contributed by atoms with Gasteiger partial charge in [0.05, 0.1) is 18.1 Å². The first kappa shape index (κ1) is 18.6. The van der Waals surface area contributed by atoms with Crippen LogP contribution in [0, 0.1) is 5.92 Å². The number of hydrogen-bond acceptors (Lipinski definition) is 5. The van der Waals surface area contributed by atoms with Crippen molar-refractivity contribution in [3.63, 3.8) is 0 Å². The number of amides is 1. The summed E-state index contributed by atoms with van der Waals surface area (Å²) >= 11 is 0. The zero-order chi connectivity index (χ0) is 17.6. The fraction of sp³-hybridized carbons (Fsp3) is 0.588. The average Bonchev–Trinajstić information content (AvgIpc) is 2.84. The van der Waals surface area contributed by atoms with Crippen molar-refractivity contribution >= 4 is 15.7 Å². The highest BCUT2D eigenvalue weighted by atomic mass is 32.2. The topological polar surface area (TPSA) is 81.7 Å². The molecule has 0 aromatic heterocycles. The number of nitrogens with one attached hydrogen (secondary N) is 1. The number of sulfone groups is 1. The van der Waals surface area contributed by atoms with Crippen molar-refractivity contribution in [2.45, 2.75) is 32.7 Å². The molecule has 1 aliphatic heterocycles. The summed E-state index contributed by atoms with van der Waals surface area (Å²) in [6.07, 6.45) is 1.44. The zero-order valence-electron chi connectivity index (χ0n) is 14.2. The van der Waals surface area contributed by atoms with Crippen molar-refractivity contribution in [2.75, 3.05) is 24.7 Å². The number of rotatable bonds is 8. The molecule has 1 atom stereocenters. The standard InChI is InChI=1S/C17H25NO5S/c1-13(2)6-8-22-15-4-3-5-16(10-15)23-11-17(19)18-14-7-9-24(20,21)12-14/h3-5,10,13-14H,6-9,11-12H2,1-2H3,(H,18,19)/t14-/m0/s1. The van der Waals surface area contributed by atoms with Crippen LogP contribution >= 0.6 is 0 Å². The number of hydrogen-bond donors (Lipinski definition) is 1. The molecule has 1 N–H and O–H groups in total. The van der Waals surface area contributed by atoms with Crippen molar-refractivity contribution in [2.24, 2.45) is 5.92 Å². The molecule has 0 aliphatic carbocycles. The summed E-state index contributed by atoms with van der Waals surface area (Å²) in [6, 6.07) is 6.84. The summed E-state index contributed by atoms with van der Waals surface area (Å²) in [6.45, 7) is 4.76. The van der Waals surface area contributed by atoms with E-state index in [1.54, 1.807) is 12.1 Å². The van der Waals surface area contributed by atoms with Crippen LogP contribution in [0.2, 0.25) is 0 Å². The summed E-state index contributed by atoms with van der Waals surface area (Å²) < 4.78 is 33.8. The van der Waals surface area contributed by atoms with E-state index in [9.17, 15) is 13.2 Å². The van der Waals surface area contributed by atoms with Gasteiger partial charge >= 0.3 is 0 Å². The highest BCUT2D eigenvalue weighted by molar-refractivity contribution is 7.91. The predicted octanol–water partition coefficient (Wildman–Crippen LogP) is 1.79. The Bertz CT molecular complexity index is 657. The molecule has 0 bridgehead atoms. The molecule has 6 nitrogen and oxygen atoms in total. The van der Waals surface area contributed by atoms with Crippen molar-refractivity contribution in [3.8, 4) is 11.5 Å². The Morgan fingerprint density at radius 1 is 1.29 bits per heavy atom. The molecule has 24 heavy (non-hydrogen) atoms. The number of ether oxygens (including phenoxy) is 2. The molecule has 1 amide bonds. The summed E-state index contributed by atoms with van der Waals surface area (Å²) in [5.41, 5.74) is 0. The second-order valence-electron chi connectivity index (χ2n) is 6.46. The molecule has 0 unspecified atom stereocenters. The van der Waals surface area contributed by atoms with Crippen LogP contribution in [-0.2, 0) is 14.6 Å². The molecule has 0 spiro atoms. The Morgan fingerprint density at radius 3 is 2.62 bits per heavy atom. The van der Waals surface area contributed by atoms with Crippen molar-refractivity contribution in [3.05, 3.63) is 24.3 Å². The van der Waals surface area contributed by atoms with Gasteiger partial charge in [-0.1, -0.05) is 19.9 Å². The van der Waals surface area contributed by atoms with Crippen LogP contribution in [0.1, 0.15) is 26.7 Å². The Kier molecular flexibility index (Phi) is 6.48. The minimum atomic E-state index is -3.00. The van der Waals surface area contributed by atoms with Gasteiger partial charge in [-0.15, -0.1) is 0 Å². The maximum Gasteiger partial charge on any atom is 0.258 e. The Balaban J connectivity index is 1.76. The van der Waals surface area contributed by atoms with E-state index in [0.717, 1.165) is 6.42 Å².